The fraction of sp³-hybridized carbons (Fsp3) is 0.391. The summed E-state index contributed by atoms with van der Waals surface area (Å²) >= 11 is 0. The van der Waals surface area contributed by atoms with E-state index in [1.807, 2.05) is 29.2 Å². The largest absolute Gasteiger partial charge is 0.352 e. The third-order valence-corrected chi connectivity index (χ3v) is 5.74. The number of benzene rings is 2. The number of likely N-dealkylation sites (tertiary alicyclic amines) is 1. The van der Waals surface area contributed by atoms with E-state index in [-0.39, 0.29) is 29.5 Å². The molecule has 1 saturated carbocycles. The van der Waals surface area contributed by atoms with Crippen LogP contribution in [0.25, 0.3) is 0 Å². The Bertz CT molecular complexity index is 859. The molecule has 4 nitrogen and oxygen atoms in total. The first-order valence-corrected chi connectivity index (χ1v) is 10.0. The first-order valence-electron chi connectivity index (χ1n) is 10.0. The molecule has 1 aliphatic heterocycles. The molecule has 0 bridgehead atoms. The molecule has 1 saturated heterocycles. The predicted octanol–water partition coefficient (Wildman–Crippen LogP) is 3.87. The van der Waals surface area contributed by atoms with Crippen molar-refractivity contribution in [2.24, 2.45) is 5.92 Å². The highest BCUT2D eigenvalue weighted by Crippen LogP contribution is 2.48. The van der Waals surface area contributed by atoms with E-state index < -0.39 is 0 Å². The van der Waals surface area contributed by atoms with Gasteiger partial charge in [-0.25, -0.2) is 4.39 Å². The van der Waals surface area contributed by atoms with Gasteiger partial charge in [0.2, 0.25) is 5.91 Å². The van der Waals surface area contributed by atoms with Crippen LogP contribution in [0.1, 0.15) is 53.1 Å². The highest BCUT2D eigenvalue weighted by atomic mass is 19.1. The Morgan fingerprint density at radius 3 is 2.43 bits per heavy atom. The van der Waals surface area contributed by atoms with Gasteiger partial charge in [0.15, 0.2) is 0 Å². The van der Waals surface area contributed by atoms with Crippen LogP contribution in [-0.2, 0) is 11.3 Å². The Kier molecular flexibility index (Phi) is 5.42. The maximum atomic E-state index is 13.8. The summed E-state index contributed by atoms with van der Waals surface area (Å²) in [7, 11) is 0. The minimum absolute atomic E-state index is 0.0225. The first-order chi connectivity index (χ1) is 13.6. The molecule has 1 aliphatic carbocycles. The molecule has 146 valence electrons. The van der Waals surface area contributed by atoms with Gasteiger partial charge in [-0.2, -0.15) is 0 Å². The quantitative estimate of drug-likeness (QED) is 0.856. The van der Waals surface area contributed by atoms with Gasteiger partial charge in [-0.1, -0.05) is 30.3 Å². The van der Waals surface area contributed by atoms with Crippen LogP contribution in [0.2, 0.25) is 0 Å². The molecule has 2 fully saturated rings. The van der Waals surface area contributed by atoms with Gasteiger partial charge in [0, 0.05) is 31.1 Å². The van der Waals surface area contributed by atoms with E-state index in [0.29, 0.717) is 24.1 Å². The predicted molar refractivity (Wildman–Crippen MR) is 105 cm³/mol. The third-order valence-electron chi connectivity index (χ3n) is 5.74. The van der Waals surface area contributed by atoms with Crippen LogP contribution in [0.15, 0.2) is 48.5 Å². The van der Waals surface area contributed by atoms with E-state index in [4.69, 9.17) is 0 Å². The van der Waals surface area contributed by atoms with Crippen molar-refractivity contribution >= 4 is 11.8 Å². The lowest BCUT2D eigenvalue weighted by Gasteiger charge is -2.26. The van der Waals surface area contributed by atoms with Gasteiger partial charge in [0.05, 0.1) is 0 Å². The second kappa shape index (κ2) is 8.13. The molecule has 0 spiro atoms. The third kappa shape index (κ3) is 4.08. The summed E-state index contributed by atoms with van der Waals surface area (Å²) in [5, 5.41) is 2.94. The van der Waals surface area contributed by atoms with Crippen LogP contribution >= 0.6 is 0 Å². The lowest BCUT2D eigenvalue weighted by molar-refractivity contribution is -0.122. The van der Waals surface area contributed by atoms with Crippen molar-refractivity contribution in [3.05, 3.63) is 71.0 Å². The fourth-order valence-electron chi connectivity index (χ4n) is 3.97. The summed E-state index contributed by atoms with van der Waals surface area (Å²) in [4.78, 5) is 26.8. The smallest absolute Gasteiger partial charge is 0.253 e. The molecule has 1 heterocycles. The molecule has 0 aromatic heterocycles. The van der Waals surface area contributed by atoms with Gasteiger partial charge in [0.1, 0.15) is 5.82 Å². The zero-order valence-corrected chi connectivity index (χ0v) is 15.9. The van der Waals surface area contributed by atoms with E-state index >= 15 is 0 Å². The average Bonchev–Trinajstić information content (AvgIpc) is 3.53. The summed E-state index contributed by atoms with van der Waals surface area (Å²) in [6, 6.07) is 14.1. The number of piperidine rings is 1. The molecule has 2 aromatic carbocycles. The van der Waals surface area contributed by atoms with Gasteiger partial charge in [0.25, 0.3) is 5.91 Å². The van der Waals surface area contributed by atoms with Crippen LogP contribution in [0.3, 0.4) is 0 Å². The highest BCUT2D eigenvalue weighted by Gasteiger charge is 2.44. The number of carbonyl (C=O) groups is 2. The minimum Gasteiger partial charge on any atom is -0.352 e. The van der Waals surface area contributed by atoms with Crippen molar-refractivity contribution in [2.75, 3.05) is 13.1 Å². The van der Waals surface area contributed by atoms with Crippen LogP contribution in [0, 0.1) is 11.7 Å². The molecule has 28 heavy (non-hydrogen) atoms. The van der Waals surface area contributed by atoms with Gasteiger partial charge in [-0.15, -0.1) is 0 Å². The van der Waals surface area contributed by atoms with Crippen LogP contribution in [0.4, 0.5) is 4.39 Å². The van der Waals surface area contributed by atoms with Crippen molar-refractivity contribution in [1.29, 1.82) is 0 Å². The minimum atomic E-state index is -0.239. The Morgan fingerprint density at radius 2 is 1.71 bits per heavy atom. The van der Waals surface area contributed by atoms with Crippen LogP contribution in [0.5, 0.6) is 0 Å². The Hall–Kier alpha value is -2.69. The summed E-state index contributed by atoms with van der Waals surface area (Å²) < 4.78 is 13.8. The number of amides is 2. The van der Waals surface area contributed by atoms with Gasteiger partial charge in [-0.05, 0) is 60.9 Å². The molecule has 2 amide bonds. The molecule has 5 heteroatoms. The number of hydrogen-bond donors (Lipinski definition) is 1. The first kappa shape index (κ1) is 18.7. The summed E-state index contributed by atoms with van der Waals surface area (Å²) in [6.07, 6.45) is 4.03. The number of nitrogens with one attached hydrogen (secondary N) is 1. The highest BCUT2D eigenvalue weighted by molar-refractivity contribution is 5.94. The maximum absolute atomic E-state index is 13.8. The van der Waals surface area contributed by atoms with E-state index in [9.17, 15) is 14.0 Å². The number of halogens is 1. The Morgan fingerprint density at radius 1 is 1.00 bits per heavy atom. The average molecular weight is 380 g/mol. The fourth-order valence-corrected chi connectivity index (χ4v) is 3.97. The number of rotatable bonds is 5. The SMILES string of the molecule is O=C(NCc1ccc(C(=O)N2CCCCC2)cc1)C1CC1c1ccccc1F. The zero-order valence-electron chi connectivity index (χ0n) is 15.9. The molecule has 2 atom stereocenters. The van der Waals surface area contributed by atoms with E-state index in [1.165, 1.54) is 12.5 Å². The topological polar surface area (TPSA) is 49.4 Å². The van der Waals surface area contributed by atoms with Gasteiger partial charge < -0.3 is 10.2 Å². The van der Waals surface area contributed by atoms with Crippen molar-refractivity contribution in [1.82, 2.24) is 10.2 Å². The van der Waals surface area contributed by atoms with Crippen LogP contribution in [-0.4, -0.2) is 29.8 Å². The summed E-state index contributed by atoms with van der Waals surface area (Å²) in [5.74, 6) is -0.373. The van der Waals surface area contributed by atoms with Crippen molar-refractivity contribution in [2.45, 2.75) is 38.1 Å². The lowest BCUT2D eigenvalue weighted by atomic mass is 10.1. The second-order valence-corrected chi connectivity index (χ2v) is 7.74. The standard InChI is InChI=1S/C23H25FN2O2/c24-21-7-3-2-6-18(21)19-14-20(19)22(27)25-15-16-8-10-17(11-9-16)23(28)26-12-4-1-5-13-26/h2-3,6-11,19-20H,1,4-5,12-15H2,(H,25,27). The summed E-state index contributed by atoms with van der Waals surface area (Å²) in [5.41, 5.74) is 2.27. The molecule has 2 aromatic rings. The summed E-state index contributed by atoms with van der Waals surface area (Å²) in [6.45, 7) is 2.08. The van der Waals surface area contributed by atoms with Crippen LogP contribution < -0.4 is 5.32 Å². The molecule has 4 rings (SSSR count). The molecule has 0 radical (unpaired) electrons. The van der Waals surface area contributed by atoms with Gasteiger partial charge in [-0.3, -0.25) is 9.59 Å². The van der Waals surface area contributed by atoms with E-state index in [1.54, 1.807) is 18.2 Å². The Balaban J connectivity index is 1.29. The number of nitrogens with zero attached hydrogens (tertiary/aromatic N) is 1. The normalized spacial score (nSPS) is 21.2. The molecular formula is C23H25FN2O2. The molecule has 2 aliphatic rings. The second-order valence-electron chi connectivity index (χ2n) is 7.74. The van der Waals surface area contributed by atoms with E-state index in [0.717, 1.165) is 31.5 Å². The zero-order chi connectivity index (χ0) is 19.5. The molecular weight excluding hydrogens is 355 g/mol. The van der Waals surface area contributed by atoms with Gasteiger partial charge >= 0.3 is 0 Å². The number of hydrogen-bond acceptors (Lipinski definition) is 2. The maximum Gasteiger partial charge on any atom is 0.253 e. The monoisotopic (exact) mass is 380 g/mol. The van der Waals surface area contributed by atoms with E-state index in [2.05, 4.69) is 5.32 Å². The van der Waals surface area contributed by atoms with Crippen molar-refractivity contribution in [3.63, 3.8) is 0 Å². The van der Waals surface area contributed by atoms with Crippen molar-refractivity contribution in [3.8, 4) is 0 Å². The number of carbonyl (C=O) groups excluding carboxylic acids is 2. The molecule has 1 N–H and O–H groups in total. The molecule has 2 unspecified atom stereocenters. The van der Waals surface area contributed by atoms with Crippen molar-refractivity contribution < 1.29 is 14.0 Å². The lowest BCUT2D eigenvalue weighted by Crippen LogP contribution is -2.35. The Labute approximate surface area is 164 Å².